The van der Waals surface area contributed by atoms with E-state index in [1.165, 1.54) is 12.1 Å². The fourth-order valence-electron chi connectivity index (χ4n) is 3.11. The number of aromatic nitrogens is 2. The smallest absolute Gasteiger partial charge is 0.345 e. The van der Waals surface area contributed by atoms with Crippen LogP contribution in [-0.4, -0.2) is 15.9 Å². The van der Waals surface area contributed by atoms with Gasteiger partial charge in [0.1, 0.15) is 0 Å². The SMILES string of the molecule is O=C(NCc1cccc(C(F)(F)F)c1)c1nc2c(-c3ccccc3)cccc2[nH]1. The minimum absolute atomic E-state index is 0.0364. The molecule has 1 heterocycles. The Kier molecular flexibility index (Phi) is 4.80. The van der Waals surface area contributed by atoms with Crippen LogP contribution in [-0.2, 0) is 12.7 Å². The number of hydrogen-bond donors (Lipinski definition) is 2. The Morgan fingerprint density at radius 1 is 0.966 bits per heavy atom. The predicted molar refractivity (Wildman–Crippen MR) is 104 cm³/mol. The summed E-state index contributed by atoms with van der Waals surface area (Å²) >= 11 is 0. The molecule has 3 aromatic carbocycles. The maximum Gasteiger partial charge on any atom is 0.416 e. The van der Waals surface area contributed by atoms with E-state index in [-0.39, 0.29) is 12.4 Å². The standard InChI is InChI=1S/C22H16F3N3O/c23-22(24,25)16-9-4-6-14(12-16)13-26-21(29)20-27-18-11-5-10-17(19(18)28-20)15-7-2-1-3-8-15/h1-12H,13H2,(H,26,29)(H,27,28). The maximum absolute atomic E-state index is 12.8. The lowest BCUT2D eigenvalue weighted by atomic mass is 10.0. The predicted octanol–water partition coefficient (Wildman–Crippen LogP) is 5.18. The number of carbonyl (C=O) groups is 1. The van der Waals surface area contributed by atoms with Crippen LogP contribution < -0.4 is 5.32 Å². The third-order valence-electron chi connectivity index (χ3n) is 4.52. The number of alkyl halides is 3. The molecule has 0 aliphatic carbocycles. The van der Waals surface area contributed by atoms with Crippen molar-refractivity contribution >= 4 is 16.9 Å². The average Bonchev–Trinajstić information content (AvgIpc) is 3.17. The molecule has 1 aromatic heterocycles. The van der Waals surface area contributed by atoms with Crippen molar-refractivity contribution in [1.29, 1.82) is 0 Å². The van der Waals surface area contributed by atoms with Gasteiger partial charge in [0.2, 0.25) is 0 Å². The highest BCUT2D eigenvalue weighted by atomic mass is 19.4. The molecule has 0 aliphatic rings. The fraction of sp³-hybridized carbons (Fsp3) is 0.0909. The van der Waals surface area contributed by atoms with Crippen LogP contribution in [0.25, 0.3) is 22.2 Å². The average molecular weight is 395 g/mol. The van der Waals surface area contributed by atoms with Gasteiger partial charge in [0.15, 0.2) is 5.82 Å². The van der Waals surface area contributed by atoms with Crippen molar-refractivity contribution in [3.8, 4) is 11.1 Å². The summed E-state index contributed by atoms with van der Waals surface area (Å²) in [6, 6.07) is 20.1. The van der Waals surface area contributed by atoms with E-state index in [1.54, 1.807) is 0 Å². The Hall–Kier alpha value is -3.61. The number of H-pyrrole nitrogens is 1. The zero-order chi connectivity index (χ0) is 20.4. The van der Waals surface area contributed by atoms with E-state index in [2.05, 4.69) is 15.3 Å². The van der Waals surface area contributed by atoms with Gasteiger partial charge in [-0.2, -0.15) is 13.2 Å². The third kappa shape index (κ3) is 3.99. The van der Waals surface area contributed by atoms with Gasteiger partial charge >= 0.3 is 6.18 Å². The molecular formula is C22H16F3N3O. The van der Waals surface area contributed by atoms with Crippen LogP contribution >= 0.6 is 0 Å². The summed E-state index contributed by atoms with van der Waals surface area (Å²) < 4.78 is 38.5. The zero-order valence-corrected chi connectivity index (χ0v) is 15.1. The topological polar surface area (TPSA) is 57.8 Å². The minimum Gasteiger partial charge on any atom is -0.345 e. The zero-order valence-electron chi connectivity index (χ0n) is 15.1. The first kappa shape index (κ1) is 18.7. The quantitative estimate of drug-likeness (QED) is 0.500. The molecule has 4 aromatic rings. The van der Waals surface area contributed by atoms with Crippen LogP contribution in [0.15, 0.2) is 72.8 Å². The third-order valence-corrected chi connectivity index (χ3v) is 4.52. The van der Waals surface area contributed by atoms with Crippen molar-refractivity contribution in [3.63, 3.8) is 0 Å². The summed E-state index contributed by atoms with van der Waals surface area (Å²) in [5, 5.41) is 2.61. The molecular weight excluding hydrogens is 379 g/mol. The second-order valence-electron chi connectivity index (χ2n) is 6.53. The van der Waals surface area contributed by atoms with Crippen molar-refractivity contribution in [2.75, 3.05) is 0 Å². The summed E-state index contributed by atoms with van der Waals surface area (Å²) in [4.78, 5) is 19.9. The molecule has 4 nitrogen and oxygen atoms in total. The van der Waals surface area contributed by atoms with Crippen molar-refractivity contribution in [1.82, 2.24) is 15.3 Å². The number of nitrogens with zero attached hydrogens (tertiary/aromatic N) is 1. The van der Waals surface area contributed by atoms with Crippen molar-refractivity contribution in [2.45, 2.75) is 12.7 Å². The number of carbonyl (C=O) groups excluding carboxylic acids is 1. The number of benzene rings is 3. The van der Waals surface area contributed by atoms with E-state index >= 15 is 0 Å². The van der Waals surface area contributed by atoms with Gasteiger partial charge in [0, 0.05) is 12.1 Å². The van der Waals surface area contributed by atoms with E-state index in [0.29, 0.717) is 16.6 Å². The van der Waals surface area contributed by atoms with Gasteiger partial charge in [-0.3, -0.25) is 4.79 Å². The van der Waals surface area contributed by atoms with Crippen LogP contribution in [0.1, 0.15) is 21.7 Å². The molecule has 0 saturated heterocycles. The number of imidazole rings is 1. The highest BCUT2D eigenvalue weighted by molar-refractivity contribution is 5.98. The normalized spacial score (nSPS) is 11.6. The van der Waals surface area contributed by atoms with Crippen LogP contribution in [0.4, 0.5) is 13.2 Å². The Labute approximate surface area is 164 Å². The molecule has 2 N–H and O–H groups in total. The van der Waals surface area contributed by atoms with E-state index in [1.807, 2.05) is 48.5 Å². The number of halogens is 3. The monoisotopic (exact) mass is 395 g/mol. The van der Waals surface area contributed by atoms with Crippen LogP contribution in [0.5, 0.6) is 0 Å². The maximum atomic E-state index is 12.8. The molecule has 0 spiro atoms. The number of amides is 1. The van der Waals surface area contributed by atoms with E-state index in [9.17, 15) is 18.0 Å². The lowest BCUT2D eigenvalue weighted by molar-refractivity contribution is -0.137. The summed E-state index contributed by atoms with van der Waals surface area (Å²) in [5.74, 6) is -0.381. The molecule has 0 unspecified atom stereocenters. The fourth-order valence-corrected chi connectivity index (χ4v) is 3.11. The Morgan fingerprint density at radius 3 is 2.48 bits per heavy atom. The summed E-state index contributed by atoms with van der Waals surface area (Å²) in [5.41, 5.74) is 2.82. The first-order chi connectivity index (χ1) is 13.9. The number of aromatic amines is 1. The summed E-state index contributed by atoms with van der Waals surface area (Å²) in [7, 11) is 0. The highest BCUT2D eigenvalue weighted by Crippen LogP contribution is 2.29. The van der Waals surface area contributed by atoms with Crippen LogP contribution in [0, 0.1) is 0 Å². The van der Waals surface area contributed by atoms with Gasteiger partial charge in [-0.15, -0.1) is 0 Å². The molecule has 29 heavy (non-hydrogen) atoms. The molecule has 0 fully saturated rings. The van der Waals surface area contributed by atoms with Gasteiger partial charge in [-0.1, -0.05) is 54.6 Å². The van der Waals surface area contributed by atoms with Crippen molar-refractivity contribution in [2.24, 2.45) is 0 Å². The van der Waals surface area contributed by atoms with Crippen molar-refractivity contribution < 1.29 is 18.0 Å². The van der Waals surface area contributed by atoms with Crippen LogP contribution in [0.3, 0.4) is 0 Å². The number of fused-ring (bicyclic) bond motifs is 1. The number of nitrogens with one attached hydrogen (secondary N) is 2. The number of hydrogen-bond acceptors (Lipinski definition) is 2. The number of rotatable bonds is 4. The van der Waals surface area contributed by atoms with E-state index in [0.717, 1.165) is 23.3 Å². The summed E-state index contributed by atoms with van der Waals surface area (Å²) in [6.45, 7) is -0.0364. The Morgan fingerprint density at radius 2 is 1.72 bits per heavy atom. The second-order valence-corrected chi connectivity index (χ2v) is 6.53. The van der Waals surface area contributed by atoms with E-state index < -0.39 is 17.6 Å². The van der Waals surface area contributed by atoms with Gasteiger partial charge < -0.3 is 10.3 Å². The van der Waals surface area contributed by atoms with Gasteiger partial charge in [-0.05, 0) is 29.3 Å². The summed E-state index contributed by atoms with van der Waals surface area (Å²) in [6.07, 6.45) is -4.42. The molecule has 0 bridgehead atoms. The minimum atomic E-state index is -4.42. The Bertz CT molecular complexity index is 1170. The first-order valence-corrected chi connectivity index (χ1v) is 8.90. The van der Waals surface area contributed by atoms with Gasteiger partial charge in [0.25, 0.3) is 5.91 Å². The Balaban J connectivity index is 1.56. The molecule has 0 radical (unpaired) electrons. The number of para-hydroxylation sites is 1. The molecule has 146 valence electrons. The molecule has 0 aliphatic heterocycles. The molecule has 0 saturated carbocycles. The largest absolute Gasteiger partial charge is 0.416 e. The van der Waals surface area contributed by atoms with Gasteiger partial charge in [0.05, 0.1) is 16.6 Å². The van der Waals surface area contributed by atoms with Crippen LogP contribution in [0.2, 0.25) is 0 Å². The first-order valence-electron chi connectivity index (χ1n) is 8.90. The molecule has 4 rings (SSSR count). The molecule has 0 atom stereocenters. The second kappa shape index (κ2) is 7.43. The van der Waals surface area contributed by atoms with E-state index in [4.69, 9.17) is 0 Å². The highest BCUT2D eigenvalue weighted by Gasteiger charge is 2.30. The lowest BCUT2D eigenvalue weighted by Crippen LogP contribution is -2.24. The lowest BCUT2D eigenvalue weighted by Gasteiger charge is -2.09. The van der Waals surface area contributed by atoms with Gasteiger partial charge in [-0.25, -0.2) is 4.98 Å². The molecule has 1 amide bonds. The van der Waals surface area contributed by atoms with Crippen molar-refractivity contribution in [3.05, 3.63) is 89.7 Å². The molecule has 7 heteroatoms.